The fraction of sp³-hybridized carbons (Fsp3) is 0.233. The first-order valence-electron chi connectivity index (χ1n) is 12.8. The second kappa shape index (κ2) is 12.1. The van der Waals surface area contributed by atoms with Crippen LogP contribution in [0.5, 0.6) is 5.75 Å². The average molecular weight is 544 g/mol. The summed E-state index contributed by atoms with van der Waals surface area (Å²) in [5, 5.41) is 6.99. The fourth-order valence-corrected chi connectivity index (χ4v) is 4.90. The Labute approximate surface area is 232 Å². The maximum absolute atomic E-state index is 13.3. The summed E-state index contributed by atoms with van der Waals surface area (Å²) in [6.07, 6.45) is 4.72. The number of aromatic nitrogens is 2. The highest BCUT2D eigenvalue weighted by Gasteiger charge is 2.28. The fourth-order valence-electron chi connectivity index (χ4n) is 4.78. The van der Waals surface area contributed by atoms with Gasteiger partial charge in [-0.1, -0.05) is 66.2 Å². The minimum atomic E-state index is -0.878. The molecule has 3 aromatic carbocycles. The molecule has 2 atom stereocenters. The third-order valence-electron chi connectivity index (χ3n) is 6.84. The van der Waals surface area contributed by atoms with Crippen molar-refractivity contribution >= 4 is 23.4 Å². The maximum Gasteiger partial charge on any atom is 0.255 e. The number of hydrogen-bond donors (Lipinski definition) is 3. The molecule has 4 aromatic rings. The van der Waals surface area contributed by atoms with Gasteiger partial charge < -0.3 is 25.7 Å². The molecule has 0 radical (unpaired) electrons. The molecule has 2 amide bonds. The number of amides is 2. The number of benzene rings is 3. The number of ether oxygens (including phenoxy) is 1. The zero-order valence-corrected chi connectivity index (χ0v) is 22.1. The third-order valence-corrected chi connectivity index (χ3v) is 7.10. The molecule has 1 aliphatic heterocycles. The molecule has 0 spiro atoms. The van der Waals surface area contributed by atoms with E-state index in [1.165, 1.54) is 5.56 Å². The van der Waals surface area contributed by atoms with Gasteiger partial charge in [-0.2, -0.15) is 0 Å². The zero-order chi connectivity index (χ0) is 27.2. The summed E-state index contributed by atoms with van der Waals surface area (Å²) in [4.78, 5) is 29.8. The van der Waals surface area contributed by atoms with Crippen LogP contribution in [-0.4, -0.2) is 34.0 Å². The molecule has 0 saturated heterocycles. The molecule has 1 aromatic heterocycles. The Morgan fingerprint density at radius 2 is 1.85 bits per heavy atom. The van der Waals surface area contributed by atoms with Crippen LogP contribution >= 0.6 is 11.6 Å². The summed E-state index contributed by atoms with van der Waals surface area (Å²) < 4.78 is 8.09. The van der Waals surface area contributed by atoms with E-state index in [1.54, 1.807) is 30.3 Å². The second-order valence-electron chi connectivity index (χ2n) is 9.55. The van der Waals surface area contributed by atoms with Gasteiger partial charge in [0.1, 0.15) is 11.8 Å². The van der Waals surface area contributed by atoms with Crippen LogP contribution in [0.4, 0.5) is 0 Å². The molecule has 9 heteroatoms. The van der Waals surface area contributed by atoms with Crippen molar-refractivity contribution < 1.29 is 14.3 Å². The predicted octanol–water partition coefficient (Wildman–Crippen LogP) is 4.02. The van der Waals surface area contributed by atoms with E-state index in [4.69, 9.17) is 22.1 Å². The summed E-state index contributed by atoms with van der Waals surface area (Å²) in [5.74, 6) is -0.506. The molecule has 200 valence electrons. The van der Waals surface area contributed by atoms with Crippen molar-refractivity contribution in [3.63, 3.8) is 0 Å². The number of imidazole rings is 1. The van der Waals surface area contributed by atoms with Gasteiger partial charge in [-0.15, -0.1) is 0 Å². The van der Waals surface area contributed by atoms with Crippen LogP contribution in [0.2, 0.25) is 5.02 Å². The average Bonchev–Trinajstić information content (AvgIpc) is 3.39. The van der Waals surface area contributed by atoms with E-state index in [0.717, 1.165) is 29.8 Å². The number of rotatable bonds is 10. The van der Waals surface area contributed by atoms with E-state index in [0.29, 0.717) is 29.5 Å². The van der Waals surface area contributed by atoms with Crippen molar-refractivity contribution in [2.75, 3.05) is 6.61 Å². The van der Waals surface area contributed by atoms with Crippen LogP contribution in [0.15, 0.2) is 85.3 Å². The Balaban J connectivity index is 1.28. The first-order valence-corrected chi connectivity index (χ1v) is 13.2. The molecule has 4 N–H and O–H groups in total. The first-order chi connectivity index (χ1) is 19.0. The van der Waals surface area contributed by atoms with Crippen molar-refractivity contribution in [1.82, 2.24) is 20.2 Å². The number of nitrogens with two attached hydrogens (primary N) is 1. The lowest BCUT2D eigenvalue weighted by molar-refractivity contribution is -0.119. The van der Waals surface area contributed by atoms with E-state index in [9.17, 15) is 9.59 Å². The van der Waals surface area contributed by atoms with Gasteiger partial charge >= 0.3 is 0 Å². The number of carbonyl (C=O) groups is 2. The van der Waals surface area contributed by atoms with Gasteiger partial charge in [0, 0.05) is 48.8 Å². The number of primary amides is 1. The first kappa shape index (κ1) is 26.5. The number of nitrogens with zero attached hydrogens (tertiary/aromatic N) is 2. The number of nitrogens with one attached hydrogen (secondary N) is 2. The van der Waals surface area contributed by atoms with Gasteiger partial charge in [0.25, 0.3) is 5.91 Å². The van der Waals surface area contributed by atoms with Gasteiger partial charge in [0.15, 0.2) is 0 Å². The minimum Gasteiger partial charge on any atom is -0.492 e. The summed E-state index contributed by atoms with van der Waals surface area (Å²) in [6.45, 7) is 1.81. The van der Waals surface area contributed by atoms with Crippen LogP contribution < -0.4 is 21.1 Å². The zero-order valence-electron chi connectivity index (χ0n) is 21.3. The molecule has 0 bridgehead atoms. The van der Waals surface area contributed by atoms with Gasteiger partial charge in [0.2, 0.25) is 5.91 Å². The molecule has 5 rings (SSSR count). The number of halogens is 1. The summed E-state index contributed by atoms with van der Waals surface area (Å²) in [7, 11) is 0. The predicted molar refractivity (Wildman–Crippen MR) is 150 cm³/mol. The van der Waals surface area contributed by atoms with E-state index in [2.05, 4.69) is 32.3 Å². The molecule has 2 heterocycles. The highest BCUT2D eigenvalue weighted by molar-refractivity contribution is 6.30. The number of para-hydroxylation sites is 1. The van der Waals surface area contributed by atoms with Crippen LogP contribution in [0.3, 0.4) is 0 Å². The molecular weight excluding hydrogens is 514 g/mol. The Morgan fingerprint density at radius 1 is 1.05 bits per heavy atom. The number of hydrogen-bond acceptors (Lipinski definition) is 5. The van der Waals surface area contributed by atoms with Crippen LogP contribution in [0, 0.1) is 0 Å². The maximum atomic E-state index is 13.3. The van der Waals surface area contributed by atoms with Crippen molar-refractivity contribution in [2.24, 2.45) is 5.73 Å². The van der Waals surface area contributed by atoms with Crippen molar-refractivity contribution in [2.45, 2.75) is 38.0 Å². The minimum absolute atomic E-state index is 0.0115. The van der Waals surface area contributed by atoms with Gasteiger partial charge in [-0.3, -0.25) is 9.59 Å². The van der Waals surface area contributed by atoms with Gasteiger partial charge in [0.05, 0.1) is 24.2 Å². The topological polar surface area (TPSA) is 111 Å². The van der Waals surface area contributed by atoms with Crippen LogP contribution in [0.25, 0.3) is 0 Å². The lowest BCUT2D eigenvalue weighted by atomic mass is 9.96. The highest BCUT2D eigenvalue weighted by Crippen LogP contribution is 2.35. The number of carbonyl (C=O) groups excluding carboxylic acids is 2. The second-order valence-corrected chi connectivity index (χ2v) is 9.99. The molecular formula is C30H30ClN5O3. The molecule has 39 heavy (non-hydrogen) atoms. The summed E-state index contributed by atoms with van der Waals surface area (Å²) in [6, 6.07) is 21.9. The monoisotopic (exact) mass is 543 g/mol. The Kier molecular flexibility index (Phi) is 8.24. The molecule has 1 aliphatic rings. The molecule has 2 unspecified atom stereocenters. The molecule has 0 fully saturated rings. The van der Waals surface area contributed by atoms with Crippen LogP contribution in [-0.2, 0) is 24.3 Å². The van der Waals surface area contributed by atoms with E-state index < -0.39 is 17.9 Å². The Hall–Kier alpha value is -4.14. The summed E-state index contributed by atoms with van der Waals surface area (Å²) in [5.41, 5.74) is 9.99. The molecule has 0 aliphatic carbocycles. The Bertz CT molecular complexity index is 1440. The lowest BCUT2D eigenvalue weighted by Crippen LogP contribution is -2.46. The normalized spacial score (nSPS) is 15.2. The SMILES string of the molecule is NC(=O)C(Cc1ccc(Cl)cc1)NC(=O)c1cccc2c1OCCC2NCc1cncn1Cc1ccccc1. The molecule has 0 saturated carbocycles. The Morgan fingerprint density at radius 3 is 2.62 bits per heavy atom. The summed E-state index contributed by atoms with van der Waals surface area (Å²) >= 11 is 5.96. The van der Waals surface area contributed by atoms with Crippen molar-refractivity contribution in [1.29, 1.82) is 0 Å². The third kappa shape index (κ3) is 6.47. The number of fused-ring (bicyclic) bond motifs is 1. The smallest absolute Gasteiger partial charge is 0.255 e. The quantitative estimate of drug-likeness (QED) is 0.280. The van der Waals surface area contributed by atoms with E-state index in [1.807, 2.05) is 42.9 Å². The highest BCUT2D eigenvalue weighted by atomic mass is 35.5. The van der Waals surface area contributed by atoms with Crippen molar-refractivity contribution in [3.05, 3.63) is 118 Å². The van der Waals surface area contributed by atoms with E-state index in [-0.39, 0.29) is 12.5 Å². The molecule has 8 nitrogen and oxygen atoms in total. The lowest BCUT2D eigenvalue weighted by Gasteiger charge is -2.28. The largest absolute Gasteiger partial charge is 0.492 e. The van der Waals surface area contributed by atoms with Crippen LogP contribution in [0.1, 0.15) is 45.2 Å². The van der Waals surface area contributed by atoms with Gasteiger partial charge in [-0.05, 0) is 29.3 Å². The standard InChI is InChI=1S/C30H30ClN5O3/c31-22-11-9-20(10-12-22)15-27(29(32)37)35-30(38)25-8-4-7-24-26(13-14-39-28(24)25)34-17-23-16-33-19-36(23)18-21-5-2-1-3-6-21/h1-12,16,19,26-27,34H,13-15,17-18H2,(H2,32,37)(H,35,38). The van der Waals surface area contributed by atoms with E-state index >= 15 is 0 Å². The van der Waals surface area contributed by atoms with Crippen molar-refractivity contribution in [3.8, 4) is 5.75 Å². The van der Waals surface area contributed by atoms with Gasteiger partial charge in [-0.25, -0.2) is 4.98 Å².